The Hall–Kier alpha value is -6.66. The summed E-state index contributed by atoms with van der Waals surface area (Å²) in [5, 5.41) is 47.0. The molecule has 1 aromatic rings. The number of phenols is 1. The van der Waals surface area contributed by atoms with E-state index in [0.29, 0.717) is 19.3 Å². The molecule has 0 bridgehead atoms. The molecule has 25 heteroatoms. The number of carbonyl (C=O) groups excluding carboxylic acids is 9. The first-order chi connectivity index (χ1) is 32.0. The monoisotopic (exact) mass is 977 g/mol. The maximum atomic E-state index is 14.6. The number of hydrogen-bond donors (Lipinski definition) is 12. The Morgan fingerprint density at radius 2 is 1.44 bits per heavy atom. The van der Waals surface area contributed by atoms with Crippen LogP contribution in [-0.4, -0.2) is 138 Å². The Kier molecular flexibility index (Phi) is 21.8. The molecule has 376 valence electrons. The number of benzene rings is 1. The van der Waals surface area contributed by atoms with Crippen molar-refractivity contribution in [2.24, 2.45) is 17.4 Å². The van der Waals surface area contributed by atoms with Crippen LogP contribution in [0.25, 0.3) is 0 Å². The van der Waals surface area contributed by atoms with Crippen LogP contribution in [0, 0.1) is 5.92 Å². The van der Waals surface area contributed by atoms with Crippen LogP contribution in [0.1, 0.15) is 113 Å². The molecule has 2 aliphatic rings. The van der Waals surface area contributed by atoms with E-state index >= 15 is 0 Å². The van der Waals surface area contributed by atoms with E-state index in [4.69, 9.17) is 11.5 Å². The van der Waals surface area contributed by atoms with E-state index in [9.17, 15) is 72.3 Å². The maximum absolute atomic E-state index is 14.6. The molecule has 9 amide bonds. The molecule has 1 unspecified atom stereocenters. The molecule has 1 aromatic carbocycles. The summed E-state index contributed by atoms with van der Waals surface area (Å²) >= 11 is 0. The van der Waals surface area contributed by atoms with Crippen molar-refractivity contribution in [3.8, 4) is 5.75 Å². The number of aromatic carboxylic acids is 1. The van der Waals surface area contributed by atoms with E-state index in [1.165, 1.54) is 6.07 Å². The molecule has 1 saturated carbocycles. The Bertz CT molecular complexity index is 2100. The molecule has 1 aliphatic heterocycles. The average Bonchev–Trinajstić information content (AvgIpc) is 3.24. The molecule has 1 aliphatic carbocycles. The highest BCUT2D eigenvalue weighted by molar-refractivity contribution is 7.85. The van der Waals surface area contributed by atoms with Crippen LogP contribution in [0.3, 0.4) is 0 Å². The minimum atomic E-state index is -2.16. The van der Waals surface area contributed by atoms with Gasteiger partial charge < -0.3 is 64.0 Å². The van der Waals surface area contributed by atoms with Crippen molar-refractivity contribution in [1.29, 1.82) is 0 Å². The van der Waals surface area contributed by atoms with Crippen LogP contribution in [0.5, 0.6) is 5.75 Å². The molecule has 1 saturated heterocycles. The van der Waals surface area contributed by atoms with Crippen LogP contribution in [0.2, 0.25) is 0 Å². The van der Waals surface area contributed by atoms with Crippen LogP contribution >= 0.6 is 0 Å². The summed E-state index contributed by atoms with van der Waals surface area (Å²) < 4.78 is 13.1. The number of rotatable bonds is 12. The Morgan fingerprint density at radius 1 is 0.779 bits per heavy atom. The van der Waals surface area contributed by atoms with Gasteiger partial charge in [-0.15, -0.1) is 0 Å². The van der Waals surface area contributed by atoms with Crippen molar-refractivity contribution < 1.29 is 72.3 Å². The third-order valence-electron chi connectivity index (χ3n) is 11.2. The highest BCUT2D eigenvalue weighted by Crippen LogP contribution is 2.29. The summed E-state index contributed by atoms with van der Waals surface area (Å²) in [7, 11) is -2.16. The summed E-state index contributed by atoms with van der Waals surface area (Å²) in [5.41, 5.74) is 8.80. The zero-order chi connectivity index (χ0) is 50.7. The Morgan fingerprint density at radius 3 is 2.06 bits per heavy atom. The number of nitrogens with two attached hydrogens (primary N) is 2. The number of carboxylic acids is 2. The van der Waals surface area contributed by atoms with Crippen LogP contribution in [-0.2, 0) is 65.2 Å². The SMILES string of the molecule is CC(C)C[C@@H]1NC(=O)[C@H](CCCC(=O)O)NC(=O)CS(=O)C[C@@H](C(N)=O)NC(=O)CCCCNC(=O)[C@H](CC(N)=O)NC(=O)C2(CCCCC2)NC(=O)[C@H](Cc2ccc(O)c(C(=O)O)c2)NC1=O. The topological polar surface area (TPSA) is 402 Å². The van der Waals surface area contributed by atoms with Crippen molar-refractivity contribution in [3.05, 3.63) is 29.3 Å². The van der Waals surface area contributed by atoms with Crippen molar-refractivity contribution in [1.82, 2.24) is 37.2 Å². The maximum Gasteiger partial charge on any atom is 0.339 e. The second-order valence-electron chi connectivity index (χ2n) is 17.4. The van der Waals surface area contributed by atoms with Gasteiger partial charge in [0.2, 0.25) is 53.2 Å². The standard InChI is InChI=1S/C43H63N9O15S/c1-23(2)17-27-39(62)50-28(19-24-12-13-31(53)25(18-24)41(64)65)40(63)52-43(14-5-3-6-15-43)42(66)51-29(20-32(44)54)37(60)46-16-7-4-10-33(55)48-30(36(45)59)21-68(67)22-34(56)47-26(38(61)49-27)9-8-11-35(57)58/h12-13,18,23,26-30,53H,3-11,14-17,19-22H2,1-2H3,(H2,44,54)(H2,45,59)(H,46,60)(H,47,56)(H,48,55)(H,49,61)(H,50,62)(H,51,66)(H,52,63)(H,57,58)(H,64,65)/t26-,27-,28-,29-,30-,68?/m0/s1. The van der Waals surface area contributed by atoms with Gasteiger partial charge in [-0.05, 0) is 68.6 Å². The first-order valence-corrected chi connectivity index (χ1v) is 23.8. The zero-order valence-electron chi connectivity index (χ0n) is 38.0. The van der Waals surface area contributed by atoms with Crippen molar-refractivity contribution >= 4 is 75.9 Å². The van der Waals surface area contributed by atoms with Gasteiger partial charge in [-0.1, -0.05) is 39.2 Å². The molecule has 6 atom stereocenters. The van der Waals surface area contributed by atoms with Gasteiger partial charge in [0.15, 0.2) is 0 Å². The van der Waals surface area contributed by atoms with Crippen molar-refractivity contribution in [2.45, 2.75) is 139 Å². The number of carbonyl (C=O) groups is 11. The van der Waals surface area contributed by atoms with Gasteiger partial charge in [0, 0.05) is 36.6 Å². The number of carboxylic acid groups (broad SMARTS) is 2. The van der Waals surface area contributed by atoms with Gasteiger partial charge in [0.1, 0.15) is 52.8 Å². The van der Waals surface area contributed by atoms with E-state index < -0.39 is 154 Å². The molecule has 14 N–H and O–H groups in total. The lowest BCUT2D eigenvalue weighted by molar-refractivity contribution is -0.139. The number of hydrogen-bond acceptors (Lipinski definition) is 13. The Balaban J connectivity index is 2.12. The first kappa shape index (κ1) is 55.7. The summed E-state index contributed by atoms with van der Waals surface area (Å²) in [6.45, 7) is 3.38. The minimum Gasteiger partial charge on any atom is -0.507 e. The van der Waals surface area contributed by atoms with Crippen LogP contribution in [0.15, 0.2) is 18.2 Å². The third-order valence-corrected chi connectivity index (χ3v) is 12.5. The van der Waals surface area contributed by atoms with Crippen LogP contribution in [0.4, 0.5) is 0 Å². The number of aromatic hydroxyl groups is 1. The number of aliphatic carboxylic acids is 1. The second-order valence-corrected chi connectivity index (χ2v) is 18.9. The lowest BCUT2D eigenvalue weighted by atomic mass is 9.80. The highest BCUT2D eigenvalue weighted by atomic mass is 32.2. The summed E-state index contributed by atoms with van der Waals surface area (Å²) in [4.78, 5) is 144. The minimum absolute atomic E-state index is 0.0474. The van der Waals surface area contributed by atoms with E-state index in [-0.39, 0.29) is 69.4 Å². The Labute approximate surface area is 394 Å². The lowest BCUT2D eigenvalue weighted by Gasteiger charge is -2.38. The van der Waals surface area contributed by atoms with Gasteiger partial charge in [-0.2, -0.15) is 0 Å². The fraction of sp³-hybridized carbons (Fsp3) is 0.605. The molecule has 2 fully saturated rings. The van der Waals surface area contributed by atoms with Crippen LogP contribution < -0.4 is 48.7 Å². The molecule has 68 heavy (non-hydrogen) atoms. The van der Waals surface area contributed by atoms with Gasteiger partial charge in [0.25, 0.3) is 0 Å². The molecular formula is C43H63N9O15S. The quantitative estimate of drug-likeness (QED) is 0.104. The molecule has 1 heterocycles. The fourth-order valence-electron chi connectivity index (χ4n) is 7.73. The van der Waals surface area contributed by atoms with Gasteiger partial charge >= 0.3 is 11.9 Å². The number of primary amides is 2. The van der Waals surface area contributed by atoms with E-state index in [0.717, 1.165) is 12.1 Å². The average molecular weight is 978 g/mol. The third kappa shape index (κ3) is 18.2. The number of nitrogens with one attached hydrogen (secondary N) is 7. The molecule has 24 nitrogen and oxygen atoms in total. The zero-order valence-corrected chi connectivity index (χ0v) is 38.8. The first-order valence-electron chi connectivity index (χ1n) is 22.3. The van der Waals surface area contributed by atoms with Gasteiger partial charge in [0.05, 0.1) is 12.2 Å². The van der Waals surface area contributed by atoms with Gasteiger partial charge in [-0.25, -0.2) is 4.79 Å². The summed E-state index contributed by atoms with van der Waals surface area (Å²) in [6, 6.07) is -4.08. The molecule has 1 spiro atoms. The highest BCUT2D eigenvalue weighted by Gasteiger charge is 2.44. The molecular weight excluding hydrogens is 915 g/mol. The molecule has 0 aromatic heterocycles. The predicted octanol–water partition coefficient (Wildman–Crippen LogP) is -2.41. The smallest absolute Gasteiger partial charge is 0.339 e. The van der Waals surface area contributed by atoms with E-state index in [2.05, 4.69) is 37.2 Å². The number of amides is 9. The second kappa shape index (κ2) is 26.6. The molecule has 3 rings (SSSR count). The van der Waals surface area contributed by atoms with Crippen molar-refractivity contribution in [3.63, 3.8) is 0 Å². The van der Waals surface area contributed by atoms with E-state index in [1.54, 1.807) is 13.8 Å². The lowest BCUT2D eigenvalue weighted by Crippen LogP contribution is -2.66. The van der Waals surface area contributed by atoms with Crippen molar-refractivity contribution in [2.75, 3.05) is 18.1 Å². The predicted molar refractivity (Wildman–Crippen MR) is 241 cm³/mol. The largest absolute Gasteiger partial charge is 0.507 e. The summed E-state index contributed by atoms with van der Waals surface area (Å²) in [6.07, 6.45) is -0.204. The van der Waals surface area contributed by atoms with Gasteiger partial charge in [-0.3, -0.25) is 52.2 Å². The summed E-state index contributed by atoms with van der Waals surface area (Å²) in [5.74, 6) is -13.2. The van der Waals surface area contributed by atoms with E-state index in [1.807, 2.05) is 0 Å². The normalized spacial score (nSPS) is 24.4. The fourth-order valence-corrected chi connectivity index (χ4v) is 8.84. The molecule has 0 radical (unpaired) electrons.